The summed E-state index contributed by atoms with van der Waals surface area (Å²) in [6, 6.07) is 0. The number of H-pyrrole nitrogens is 1. The second kappa shape index (κ2) is 4.08. The minimum absolute atomic E-state index is 0.452. The number of hydrogen-bond acceptors (Lipinski definition) is 1. The molecule has 0 radical (unpaired) electrons. The van der Waals surface area contributed by atoms with Gasteiger partial charge in [0.25, 0.3) is 0 Å². The van der Waals surface area contributed by atoms with Crippen molar-refractivity contribution in [2.24, 2.45) is 5.92 Å². The lowest BCUT2D eigenvalue weighted by atomic mass is 10.1. The van der Waals surface area contributed by atoms with Crippen LogP contribution in [0.5, 0.6) is 0 Å². The average molecular weight is 177 g/mol. The van der Waals surface area contributed by atoms with Gasteiger partial charge in [-0.15, -0.1) is 0 Å². The van der Waals surface area contributed by atoms with Crippen molar-refractivity contribution in [1.29, 1.82) is 0 Å². The van der Waals surface area contributed by atoms with Crippen molar-refractivity contribution in [3.05, 3.63) is 22.3 Å². The predicted octanol–water partition coefficient (Wildman–Crippen LogP) is 1.06. The summed E-state index contributed by atoms with van der Waals surface area (Å²) in [4.78, 5) is 13.7. The van der Waals surface area contributed by atoms with Gasteiger partial charge < -0.3 is 4.98 Å². The summed E-state index contributed by atoms with van der Waals surface area (Å²) in [5.74, 6) is 0.452. The van der Waals surface area contributed by atoms with Crippen molar-refractivity contribution in [2.45, 2.75) is 20.8 Å². The van der Waals surface area contributed by atoms with E-state index in [9.17, 15) is 4.79 Å². The van der Waals surface area contributed by atoms with E-state index in [0.717, 1.165) is 22.4 Å². The van der Waals surface area contributed by atoms with Crippen LogP contribution >= 0.6 is 0 Å². The summed E-state index contributed by atoms with van der Waals surface area (Å²) in [6.45, 7) is 6.15. The highest BCUT2D eigenvalue weighted by molar-refractivity contribution is 5.75. The van der Waals surface area contributed by atoms with Crippen molar-refractivity contribution in [2.75, 3.05) is 0 Å². The lowest BCUT2D eigenvalue weighted by molar-refractivity contribution is 0.112. The van der Waals surface area contributed by atoms with Crippen LogP contribution < -0.4 is 10.6 Å². The predicted molar refractivity (Wildman–Crippen MR) is 54.9 cm³/mol. The van der Waals surface area contributed by atoms with Crippen LogP contribution in [0.2, 0.25) is 0 Å². The molecular weight excluding hydrogens is 162 g/mol. The minimum atomic E-state index is 0.452. The van der Waals surface area contributed by atoms with Gasteiger partial charge in [0, 0.05) is 22.3 Å². The molecule has 70 valence electrons. The first kappa shape index (κ1) is 9.78. The molecule has 0 saturated heterocycles. The van der Waals surface area contributed by atoms with Gasteiger partial charge >= 0.3 is 0 Å². The van der Waals surface area contributed by atoms with Crippen LogP contribution in [0.3, 0.4) is 0 Å². The van der Waals surface area contributed by atoms with Crippen LogP contribution in [0.15, 0.2) is 6.20 Å². The van der Waals surface area contributed by atoms with Gasteiger partial charge in [0.15, 0.2) is 6.29 Å². The maximum Gasteiger partial charge on any atom is 0.152 e. The molecule has 0 spiro atoms. The van der Waals surface area contributed by atoms with Gasteiger partial charge in [-0.2, -0.15) is 0 Å². The van der Waals surface area contributed by atoms with Crippen LogP contribution in [-0.4, -0.2) is 11.3 Å². The van der Waals surface area contributed by atoms with Crippen molar-refractivity contribution in [3.63, 3.8) is 0 Å². The lowest BCUT2D eigenvalue weighted by Crippen LogP contribution is -2.25. The highest BCUT2D eigenvalue weighted by Gasteiger charge is 1.97. The quantitative estimate of drug-likeness (QED) is 0.673. The highest BCUT2D eigenvalue weighted by atomic mass is 16.1. The standard InChI is InChI=1S/C11H15NO/c1-4-11-10(5-8(2)3)9(7-13)6-12-11/h4-8,12H,1-3H3. The van der Waals surface area contributed by atoms with E-state index in [0.29, 0.717) is 5.92 Å². The Morgan fingerprint density at radius 3 is 2.62 bits per heavy atom. The molecule has 1 N–H and O–H groups in total. The molecule has 1 aromatic heterocycles. The first-order valence-corrected chi connectivity index (χ1v) is 4.49. The number of hydrogen-bond donors (Lipinski definition) is 1. The first-order chi connectivity index (χ1) is 6.19. The Morgan fingerprint density at radius 1 is 1.46 bits per heavy atom. The fourth-order valence-electron chi connectivity index (χ4n) is 1.32. The molecular formula is C11H15NO. The average Bonchev–Trinajstić information content (AvgIpc) is 2.46. The topological polar surface area (TPSA) is 32.9 Å². The maximum absolute atomic E-state index is 10.7. The minimum Gasteiger partial charge on any atom is -0.361 e. The number of carbonyl (C=O) groups is 1. The molecule has 0 unspecified atom stereocenters. The zero-order chi connectivity index (χ0) is 9.84. The summed E-state index contributed by atoms with van der Waals surface area (Å²) in [5.41, 5.74) is 0.738. The Balaban J connectivity index is 3.46. The molecule has 2 heteroatoms. The van der Waals surface area contributed by atoms with E-state index in [4.69, 9.17) is 0 Å². The molecule has 0 bridgehead atoms. The second-order valence-corrected chi connectivity index (χ2v) is 3.39. The van der Waals surface area contributed by atoms with Gasteiger partial charge in [-0.25, -0.2) is 0 Å². The van der Waals surface area contributed by atoms with E-state index >= 15 is 0 Å². The Labute approximate surface area is 78.0 Å². The Bertz CT molecular complexity index is 398. The van der Waals surface area contributed by atoms with E-state index in [1.165, 1.54) is 0 Å². The monoisotopic (exact) mass is 177 g/mol. The third-order valence-electron chi connectivity index (χ3n) is 1.90. The number of carbonyl (C=O) groups excluding carboxylic acids is 1. The molecule has 0 amide bonds. The van der Waals surface area contributed by atoms with Crippen molar-refractivity contribution in [3.8, 4) is 0 Å². The van der Waals surface area contributed by atoms with Crippen LogP contribution in [0.1, 0.15) is 31.1 Å². The normalized spacial score (nSPS) is 14.2. The third-order valence-corrected chi connectivity index (χ3v) is 1.90. The molecule has 1 rings (SSSR count). The number of nitrogens with one attached hydrogen (secondary N) is 1. The smallest absolute Gasteiger partial charge is 0.152 e. The molecule has 13 heavy (non-hydrogen) atoms. The van der Waals surface area contributed by atoms with Crippen LogP contribution in [0.4, 0.5) is 0 Å². The summed E-state index contributed by atoms with van der Waals surface area (Å²) >= 11 is 0. The summed E-state index contributed by atoms with van der Waals surface area (Å²) in [5, 5.41) is 2.04. The van der Waals surface area contributed by atoms with Gasteiger partial charge in [-0.05, 0) is 12.8 Å². The largest absolute Gasteiger partial charge is 0.361 e. The van der Waals surface area contributed by atoms with E-state index in [2.05, 4.69) is 24.9 Å². The number of aldehydes is 1. The Kier molecular flexibility index (Phi) is 3.07. The first-order valence-electron chi connectivity index (χ1n) is 4.49. The van der Waals surface area contributed by atoms with Gasteiger partial charge in [-0.1, -0.05) is 26.0 Å². The van der Waals surface area contributed by atoms with E-state index in [1.54, 1.807) is 6.20 Å². The van der Waals surface area contributed by atoms with Gasteiger partial charge in [-0.3, -0.25) is 4.79 Å². The molecule has 0 aliphatic heterocycles. The van der Waals surface area contributed by atoms with Crippen LogP contribution in [0.25, 0.3) is 12.2 Å². The highest BCUT2D eigenvalue weighted by Crippen LogP contribution is 1.92. The molecule has 0 saturated carbocycles. The van der Waals surface area contributed by atoms with Gasteiger partial charge in [0.2, 0.25) is 0 Å². The van der Waals surface area contributed by atoms with E-state index in [1.807, 2.05) is 13.0 Å². The molecule has 0 aliphatic rings. The van der Waals surface area contributed by atoms with E-state index < -0.39 is 0 Å². The van der Waals surface area contributed by atoms with Crippen LogP contribution in [-0.2, 0) is 0 Å². The molecule has 0 atom stereocenters. The molecule has 1 heterocycles. The van der Waals surface area contributed by atoms with E-state index in [-0.39, 0.29) is 0 Å². The summed E-state index contributed by atoms with van der Waals surface area (Å²) < 4.78 is 0. The zero-order valence-corrected chi connectivity index (χ0v) is 8.29. The van der Waals surface area contributed by atoms with Gasteiger partial charge in [0.05, 0.1) is 0 Å². The van der Waals surface area contributed by atoms with Crippen molar-refractivity contribution in [1.82, 2.24) is 4.98 Å². The lowest BCUT2D eigenvalue weighted by Gasteiger charge is -1.91. The molecule has 0 aliphatic carbocycles. The maximum atomic E-state index is 10.7. The molecule has 2 nitrogen and oxygen atoms in total. The third kappa shape index (κ3) is 2.08. The number of aromatic nitrogens is 1. The van der Waals surface area contributed by atoms with Crippen LogP contribution in [0, 0.1) is 5.92 Å². The fraction of sp³-hybridized carbons (Fsp3) is 0.364. The summed E-state index contributed by atoms with van der Waals surface area (Å²) in [7, 11) is 0. The van der Waals surface area contributed by atoms with Gasteiger partial charge in [0.1, 0.15) is 0 Å². The Morgan fingerprint density at radius 2 is 2.15 bits per heavy atom. The molecule has 0 aromatic carbocycles. The fourth-order valence-corrected chi connectivity index (χ4v) is 1.32. The molecule has 1 aromatic rings. The SMILES string of the molecule is CC=c1[nH]cc(C=O)c1=CC(C)C. The van der Waals surface area contributed by atoms with Crippen molar-refractivity contribution >= 4 is 18.4 Å². The summed E-state index contributed by atoms with van der Waals surface area (Å²) in [6.07, 6.45) is 6.70. The van der Waals surface area contributed by atoms with Crippen molar-refractivity contribution < 1.29 is 4.79 Å². The Hall–Kier alpha value is -1.31. The second-order valence-electron chi connectivity index (χ2n) is 3.39. The zero-order valence-electron chi connectivity index (χ0n) is 8.29. The number of aromatic amines is 1. The molecule has 0 fully saturated rings. The number of rotatable bonds is 2.